The predicted octanol–water partition coefficient (Wildman–Crippen LogP) is 3.98. The van der Waals surface area contributed by atoms with E-state index in [1.165, 1.54) is 27.4 Å². The average molecular weight is 329 g/mol. The fraction of sp³-hybridized carbons (Fsp3) is 0.400. The van der Waals surface area contributed by atoms with Gasteiger partial charge in [-0.05, 0) is 54.1 Å². The maximum atomic E-state index is 5.98. The van der Waals surface area contributed by atoms with Crippen LogP contribution >= 0.6 is 0 Å². The molecule has 0 aliphatic carbocycles. The Labute approximate surface area is 142 Å². The van der Waals surface area contributed by atoms with Gasteiger partial charge < -0.3 is 8.85 Å². The topological polar surface area (TPSA) is 18.5 Å². The van der Waals surface area contributed by atoms with Gasteiger partial charge in [0.2, 0.25) is 0 Å². The SMILES string of the molecule is CCO[SiH](OCC)c1cccc(-c2ccccc2CC)c1CC. The Morgan fingerprint density at radius 1 is 0.739 bits per heavy atom. The van der Waals surface area contributed by atoms with Crippen LogP contribution in [-0.2, 0) is 21.7 Å². The summed E-state index contributed by atoms with van der Waals surface area (Å²) in [5, 5.41) is 1.29. The molecule has 2 aromatic carbocycles. The van der Waals surface area contributed by atoms with Gasteiger partial charge in [0.05, 0.1) is 0 Å². The summed E-state index contributed by atoms with van der Waals surface area (Å²) in [6, 6.07) is 15.3. The lowest BCUT2D eigenvalue weighted by Gasteiger charge is -2.21. The lowest BCUT2D eigenvalue weighted by molar-refractivity contribution is 0.225. The van der Waals surface area contributed by atoms with Gasteiger partial charge in [-0.1, -0.05) is 56.3 Å². The molecule has 0 N–H and O–H groups in total. The fourth-order valence-electron chi connectivity index (χ4n) is 3.09. The number of rotatable bonds is 8. The maximum absolute atomic E-state index is 5.98. The molecule has 0 saturated carbocycles. The zero-order valence-corrected chi connectivity index (χ0v) is 15.9. The van der Waals surface area contributed by atoms with E-state index in [0.29, 0.717) is 13.2 Å². The van der Waals surface area contributed by atoms with Crippen molar-refractivity contribution >= 4 is 14.5 Å². The minimum absolute atomic E-state index is 0.704. The van der Waals surface area contributed by atoms with Crippen LogP contribution in [0.4, 0.5) is 0 Å². The van der Waals surface area contributed by atoms with Crippen molar-refractivity contribution in [3.8, 4) is 11.1 Å². The summed E-state index contributed by atoms with van der Waals surface area (Å²) >= 11 is 0. The van der Waals surface area contributed by atoms with Gasteiger partial charge in [-0.3, -0.25) is 0 Å². The molecular formula is C20H28O2Si. The van der Waals surface area contributed by atoms with E-state index in [1.807, 2.05) is 13.8 Å². The molecule has 0 saturated heterocycles. The fourth-order valence-corrected chi connectivity index (χ4v) is 5.07. The van der Waals surface area contributed by atoms with Crippen LogP contribution in [0.2, 0.25) is 0 Å². The summed E-state index contributed by atoms with van der Waals surface area (Å²) in [6.45, 7) is 9.93. The van der Waals surface area contributed by atoms with Crippen LogP contribution in [0.5, 0.6) is 0 Å². The summed E-state index contributed by atoms with van der Waals surface area (Å²) in [5.74, 6) is 0. The van der Waals surface area contributed by atoms with Crippen molar-refractivity contribution in [3.05, 3.63) is 53.6 Å². The Kier molecular flexibility index (Phi) is 7.03. The highest BCUT2D eigenvalue weighted by Gasteiger charge is 2.21. The molecule has 2 nitrogen and oxygen atoms in total. The van der Waals surface area contributed by atoms with E-state index in [9.17, 15) is 0 Å². The second kappa shape index (κ2) is 9.01. The van der Waals surface area contributed by atoms with E-state index < -0.39 is 9.28 Å². The largest absolute Gasteiger partial charge is 0.394 e. The predicted molar refractivity (Wildman–Crippen MR) is 101 cm³/mol. The maximum Gasteiger partial charge on any atom is 0.356 e. The number of hydrogen-bond donors (Lipinski definition) is 0. The van der Waals surface area contributed by atoms with Crippen molar-refractivity contribution in [3.63, 3.8) is 0 Å². The Morgan fingerprint density at radius 3 is 2.00 bits per heavy atom. The van der Waals surface area contributed by atoms with E-state index >= 15 is 0 Å². The van der Waals surface area contributed by atoms with Gasteiger partial charge in [0.25, 0.3) is 0 Å². The van der Waals surface area contributed by atoms with Gasteiger partial charge in [0, 0.05) is 13.2 Å². The zero-order valence-electron chi connectivity index (χ0n) is 14.8. The zero-order chi connectivity index (χ0) is 16.7. The molecule has 2 aromatic rings. The highest BCUT2D eigenvalue weighted by molar-refractivity contribution is 6.62. The number of benzene rings is 2. The lowest BCUT2D eigenvalue weighted by Crippen LogP contribution is -2.39. The minimum Gasteiger partial charge on any atom is -0.394 e. The standard InChI is InChI=1S/C20H28O2Si/c1-5-16-12-9-10-13-18(16)19-14-11-15-20(17(19)6-2)23(21-7-3)22-8-4/h9-15,23H,5-8H2,1-4H3. The first-order valence-electron chi connectivity index (χ1n) is 8.69. The molecule has 0 unspecified atom stereocenters. The van der Waals surface area contributed by atoms with Crippen molar-refractivity contribution in [2.24, 2.45) is 0 Å². The van der Waals surface area contributed by atoms with Crippen molar-refractivity contribution in [1.82, 2.24) is 0 Å². The van der Waals surface area contributed by atoms with Crippen molar-refractivity contribution in [2.45, 2.75) is 40.5 Å². The van der Waals surface area contributed by atoms with Crippen LogP contribution in [0.1, 0.15) is 38.8 Å². The van der Waals surface area contributed by atoms with Gasteiger partial charge in [0.1, 0.15) is 0 Å². The first-order chi connectivity index (χ1) is 11.3. The van der Waals surface area contributed by atoms with E-state index in [4.69, 9.17) is 8.85 Å². The number of aryl methyl sites for hydroxylation is 1. The quantitative estimate of drug-likeness (QED) is 0.683. The molecule has 0 amide bonds. The van der Waals surface area contributed by atoms with Crippen LogP contribution in [0.3, 0.4) is 0 Å². The molecule has 0 aromatic heterocycles. The molecule has 0 aliphatic rings. The second-order valence-electron chi connectivity index (χ2n) is 5.48. The van der Waals surface area contributed by atoms with Crippen molar-refractivity contribution in [2.75, 3.05) is 13.2 Å². The minimum atomic E-state index is -1.83. The van der Waals surface area contributed by atoms with Crippen LogP contribution in [0, 0.1) is 0 Å². The Hall–Kier alpha value is -1.42. The summed E-state index contributed by atoms with van der Waals surface area (Å²) in [7, 11) is -1.83. The average Bonchev–Trinajstić information content (AvgIpc) is 2.60. The molecular weight excluding hydrogens is 300 g/mol. The molecule has 23 heavy (non-hydrogen) atoms. The van der Waals surface area contributed by atoms with E-state index in [-0.39, 0.29) is 0 Å². The molecule has 0 heterocycles. The highest BCUT2D eigenvalue weighted by atomic mass is 28.3. The van der Waals surface area contributed by atoms with Gasteiger partial charge in [-0.2, -0.15) is 0 Å². The summed E-state index contributed by atoms with van der Waals surface area (Å²) in [4.78, 5) is 0. The smallest absolute Gasteiger partial charge is 0.356 e. The van der Waals surface area contributed by atoms with Gasteiger partial charge >= 0.3 is 9.28 Å². The normalized spacial score (nSPS) is 11.2. The van der Waals surface area contributed by atoms with E-state index in [2.05, 4.69) is 56.3 Å². The Bertz CT molecular complexity index is 619. The number of hydrogen-bond acceptors (Lipinski definition) is 2. The van der Waals surface area contributed by atoms with Crippen LogP contribution in [0.25, 0.3) is 11.1 Å². The molecule has 0 spiro atoms. The van der Waals surface area contributed by atoms with Gasteiger partial charge in [0.15, 0.2) is 0 Å². The highest BCUT2D eigenvalue weighted by Crippen LogP contribution is 2.27. The molecule has 0 radical (unpaired) electrons. The molecule has 124 valence electrons. The molecule has 0 bridgehead atoms. The van der Waals surface area contributed by atoms with Gasteiger partial charge in [-0.25, -0.2) is 0 Å². The molecule has 0 aliphatic heterocycles. The Morgan fingerprint density at radius 2 is 1.39 bits per heavy atom. The van der Waals surface area contributed by atoms with E-state index in [1.54, 1.807) is 0 Å². The summed E-state index contributed by atoms with van der Waals surface area (Å²) in [6.07, 6.45) is 2.04. The van der Waals surface area contributed by atoms with E-state index in [0.717, 1.165) is 12.8 Å². The molecule has 0 atom stereocenters. The van der Waals surface area contributed by atoms with Crippen LogP contribution in [0.15, 0.2) is 42.5 Å². The third kappa shape index (κ3) is 4.11. The molecule has 2 rings (SSSR count). The van der Waals surface area contributed by atoms with Crippen LogP contribution < -0.4 is 5.19 Å². The molecule has 3 heteroatoms. The van der Waals surface area contributed by atoms with Crippen molar-refractivity contribution in [1.29, 1.82) is 0 Å². The third-order valence-electron chi connectivity index (χ3n) is 4.14. The molecule has 0 fully saturated rings. The summed E-state index contributed by atoms with van der Waals surface area (Å²) in [5.41, 5.74) is 5.45. The lowest BCUT2D eigenvalue weighted by atomic mass is 9.93. The first-order valence-corrected chi connectivity index (χ1v) is 10.2. The second-order valence-corrected chi connectivity index (χ2v) is 7.43. The monoisotopic (exact) mass is 328 g/mol. The van der Waals surface area contributed by atoms with Crippen LogP contribution in [-0.4, -0.2) is 22.5 Å². The van der Waals surface area contributed by atoms with Crippen molar-refractivity contribution < 1.29 is 8.85 Å². The third-order valence-corrected chi connectivity index (χ3v) is 6.47. The Balaban J connectivity index is 2.55. The summed E-state index contributed by atoms with van der Waals surface area (Å²) < 4.78 is 12.0. The first kappa shape index (κ1) is 17.9. The van der Waals surface area contributed by atoms with Gasteiger partial charge in [-0.15, -0.1) is 0 Å².